The van der Waals surface area contributed by atoms with E-state index in [1.54, 1.807) is 34.3 Å². The normalized spacial score (nSPS) is 13.9. The van der Waals surface area contributed by atoms with Crippen molar-refractivity contribution in [3.63, 3.8) is 0 Å². The quantitative estimate of drug-likeness (QED) is 0.0691. The summed E-state index contributed by atoms with van der Waals surface area (Å²) in [5, 5.41) is 4.75. The highest BCUT2D eigenvalue weighted by Gasteiger charge is 2.35. The number of hydrazine groups is 1. The molecule has 0 saturated carbocycles. The number of benzene rings is 2. The number of ether oxygens (including phenoxy) is 2. The summed E-state index contributed by atoms with van der Waals surface area (Å²) in [6.45, 7) is 13.8. The zero-order chi connectivity index (χ0) is 37.0. The van der Waals surface area contributed by atoms with Gasteiger partial charge in [-0.1, -0.05) is 50.2 Å². The van der Waals surface area contributed by atoms with Crippen LogP contribution >= 0.6 is 8.53 Å². The molecule has 0 spiro atoms. The molecule has 4 N–H and O–H groups in total. The number of nitrogens with two attached hydrogens (primary N) is 1. The molecule has 4 atom stereocenters. The number of aromatic nitrogens is 4. The molecule has 4 rings (SSSR count). The lowest BCUT2D eigenvalue weighted by Crippen LogP contribution is -2.46. The van der Waals surface area contributed by atoms with Gasteiger partial charge in [0.1, 0.15) is 28.9 Å². The van der Waals surface area contributed by atoms with Crippen LogP contribution in [0.25, 0.3) is 11.2 Å². The lowest BCUT2D eigenvalue weighted by Gasteiger charge is -2.30. The van der Waals surface area contributed by atoms with Crippen LogP contribution in [-0.4, -0.2) is 68.4 Å². The summed E-state index contributed by atoms with van der Waals surface area (Å²) < 4.78 is 37.7. The maximum Gasteiger partial charge on any atom is 0.326 e. The molecule has 2 heterocycles. The Morgan fingerprint density at radius 1 is 1.10 bits per heavy atom. The fourth-order valence-corrected chi connectivity index (χ4v) is 6.71. The fraction of sp³-hybridized carbons (Fsp3) is 0.471. The van der Waals surface area contributed by atoms with E-state index in [0.717, 1.165) is 16.7 Å². The van der Waals surface area contributed by atoms with Crippen LogP contribution < -0.4 is 25.2 Å². The topological polar surface area (TPSA) is 168 Å². The molecule has 16 heteroatoms. The second-order valence-corrected chi connectivity index (χ2v) is 14.2. The first-order valence-corrected chi connectivity index (χ1v) is 19.0. The number of carbonyl (C=O) groups is 1. The van der Waals surface area contributed by atoms with Gasteiger partial charge in [0.2, 0.25) is 5.95 Å². The number of nitrogens with zero attached hydrogens (tertiary/aromatic N) is 5. The third-order valence-corrected chi connectivity index (χ3v) is 9.63. The zero-order valence-corrected chi connectivity index (χ0v) is 32.3. The van der Waals surface area contributed by atoms with Crippen LogP contribution in [0.15, 0.2) is 54.9 Å². The average Bonchev–Trinajstić information content (AvgIpc) is 3.50. The second kappa shape index (κ2) is 19.0. The summed E-state index contributed by atoms with van der Waals surface area (Å²) in [6, 6.07) is 15.1. The number of esters is 1. The van der Waals surface area contributed by atoms with Crippen LogP contribution in [0.1, 0.15) is 63.8 Å². The first kappa shape index (κ1) is 40.7. The average molecular weight is 731 g/mol. The monoisotopic (exact) mass is 730 g/mol. The van der Waals surface area contributed by atoms with Crippen molar-refractivity contribution in [3.8, 4) is 5.75 Å². The smallest absolute Gasteiger partial charge is 0.326 e. The summed E-state index contributed by atoms with van der Waals surface area (Å²) in [4.78, 5) is 29.3. The standard InChI is InChI=1S/C32H45N8O6PS.C2H6/c1-21-13-12-14-22(2)26(21)19-44-30(41)32(4,5)37-47(46-24-15-10-9-11-16-24)45-18-25(43-7)17-23(3)40-20-34-27-28(39(6)38-48(8)42)35-31(33)36-29(27)40;1-2/h9-16,20,23,25,37-38H,17-19H2,1-8H3,(H2,33,35,36);1-2H3. The summed E-state index contributed by atoms with van der Waals surface area (Å²) in [7, 11) is 0.144. The van der Waals surface area contributed by atoms with Crippen LogP contribution in [0.4, 0.5) is 11.8 Å². The van der Waals surface area contributed by atoms with Crippen molar-refractivity contribution in [2.75, 3.05) is 37.8 Å². The molecule has 274 valence electrons. The van der Waals surface area contributed by atoms with Gasteiger partial charge in [-0.2, -0.15) is 9.97 Å². The van der Waals surface area contributed by atoms with Gasteiger partial charge in [0, 0.05) is 26.5 Å². The molecule has 0 aliphatic rings. The van der Waals surface area contributed by atoms with E-state index in [2.05, 4.69) is 24.9 Å². The highest BCUT2D eigenvalue weighted by atomic mass is 32.2. The van der Waals surface area contributed by atoms with E-state index < -0.39 is 31.0 Å². The number of imidazole rings is 1. The van der Waals surface area contributed by atoms with Crippen molar-refractivity contribution in [3.05, 3.63) is 71.5 Å². The molecule has 4 aromatic rings. The highest BCUT2D eigenvalue weighted by molar-refractivity contribution is 7.82. The summed E-state index contributed by atoms with van der Waals surface area (Å²) in [5.74, 6) is 0.602. The molecule has 0 fully saturated rings. The predicted molar refractivity (Wildman–Crippen MR) is 200 cm³/mol. The van der Waals surface area contributed by atoms with Crippen LogP contribution in [-0.2, 0) is 36.4 Å². The van der Waals surface area contributed by atoms with Gasteiger partial charge in [0.15, 0.2) is 17.0 Å². The van der Waals surface area contributed by atoms with Gasteiger partial charge in [-0.05, 0) is 69.9 Å². The zero-order valence-electron chi connectivity index (χ0n) is 30.6. The molecule has 2 aromatic heterocycles. The van der Waals surface area contributed by atoms with Crippen molar-refractivity contribution in [2.45, 2.75) is 79.2 Å². The Morgan fingerprint density at radius 2 is 1.76 bits per heavy atom. The number of para-hydroxylation sites is 1. The maximum atomic E-state index is 13.3. The van der Waals surface area contributed by atoms with Crippen LogP contribution in [0, 0.1) is 13.8 Å². The first-order chi connectivity index (χ1) is 23.8. The van der Waals surface area contributed by atoms with Gasteiger partial charge in [0.05, 0.1) is 19.0 Å². The molecule has 0 saturated heterocycles. The minimum atomic E-state index is -1.82. The Labute approximate surface area is 299 Å². The van der Waals surface area contributed by atoms with Crippen molar-refractivity contribution >= 4 is 48.4 Å². The number of anilines is 2. The maximum absolute atomic E-state index is 13.3. The Kier molecular flexibility index (Phi) is 15.5. The number of methoxy groups -OCH3 is 1. The van der Waals surface area contributed by atoms with Gasteiger partial charge >= 0.3 is 14.5 Å². The van der Waals surface area contributed by atoms with E-state index in [-0.39, 0.29) is 31.3 Å². The molecular formula is C34H51N8O6PS. The third kappa shape index (κ3) is 11.1. The fourth-order valence-electron chi connectivity index (χ4n) is 4.91. The van der Waals surface area contributed by atoms with E-state index in [1.807, 2.05) is 87.7 Å². The number of carbonyl (C=O) groups excluding carboxylic acids is 1. The Bertz CT molecular complexity index is 1690. The number of hydrogen-bond acceptors (Lipinski definition) is 12. The molecule has 0 aliphatic heterocycles. The predicted octanol–water partition coefficient (Wildman–Crippen LogP) is 5.69. The van der Waals surface area contributed by atoms with Crippen molar-refractivity contribution < 1.29 is 27.5 Å². The van der Waals surface area contributed by atoms with Crippen LogP contribution in [0.3, 0.4) is 0 Å². The lowest BCUT2D eigenvalue weighted by molar-refractivity contribution is -0.151. The molecule has 50 heavy (non-hydrogen) atoms. The van der Waals surface area contributed by atoms with E-state index in [0.29, 0.717) is 29.2 Å². The van der Waals surface area contributed by atoms with Crippen LogP contribution in [0.5, 0.6) is 5.75 Å². The Balaban J connectivity index is 0.00000332. The molecule has 0 bridgehead atoms. The number of hydrogen-bond donors (Lipinski definition) is 3. The SMILES string of the molecule is CC.COC(COP(NC(C)(C)C(=O)OCc1c(C)cccc1C)Oc1ccccc1)CC(C)n1cnc2c(N(C)NS(C)=O)nc(N)nc21. The molecule has 14 nitrogen and oxygen atoms in total. The summed E-state index contributed by atoms with van der Waals surface area (Å²) in [6.07, 6.45) is 3.33. The molecular weight excluding hydrogens is 679 g/mol. The van der Waals surface area contributed by atoms with E-state index in [1.165, 1.54) is 11.3 Å². The molecule has 0 radical (unpaired) electrons. The molecule has 2 aromatic carbocycles. The second-order valence-electron chi connectivity index (χ2n) is 11.9. The van der Waals surface area contributed by atoms with Gasteiger partial charge in [-0.25, -0.2) is 14.3 Å². The Hall–Kier alpha value is -3.72. The van der Waals surface area contributed by atoms with E-state index in [4.69, 9.17) is 24.3 Å². The molecule has 0 amide bonds. The van der Waals surface area contributed by atoms with Crippen molar-refractivity contribution in [1.29, 1.82) is 0 Å². The molecule has 4 unspecified atom stereocenters. The van der Waals surface area contributed by atoms with Crippen LogP contribution in [0.2, 0.25) is 0 Å². The summed E-state index contributed by atoms with van der Waals surface area (Å²) >= 11 is 0. The number of aryl methyl sites for hydroxylation is 2. The van der Waals surface area contributed by atoms with Gasteiger partial charge in [0.25, 0.3) is 0 Å². The Morgan fingerprint density at radius 3 is 2.38 bits per heavy atom. The summed E-state index contributed by atoms with van der Waals surface area (Å²) in [5.41, 5.74) is 9.03. The van der Waals surface area contributed by atoms with Gasteiger partial charge < -0.3 is 28.8 Å². The number of nitrogen functional groups attached to an aromatic ring is 1. The van der Waals surface area contributed by atoms with E-state index in [9.17, 15) is 9.00 Å². The molecule has 0 aliphatic carbocycles. The van der Waals surface area contributed by atoms with Gasteiger partial charge in [-0.3, -0.25) is 9.80 Å². The largest absolute Gasteiger partial charge is 0.459 e. The third-order valence-electron chi connectivity index (χ3n) is 7.60. The van der Waals surface area contributed by atoms with Crippen molar-refractivity contribution in [2.24, 2.45) is 0 Å². The van der Waals surface area contributed by atoms with Gasteiger partial charge in [-0.15, -0.1) is 4.83 Å². The number of nitrogens with one attached hydrogen (secondary N) is 2. The minimum Gasteiger partial charge on any atom is -0.459 e. The lowest BCUT2D eigenvalue weighted by atomic mass is 10.0. The number of rotatable bonds is 17. The van der Waals surface area contributed by atoms with E-state index >= 15 is 0 Å². The number of fused-ring (bicyclic) bond motifs is 1. The first-order valence-electron chi connectivity index (χ1n) is 16.3. The van der Waals surface area contributed by atoms with Crippen molar-refractivity contribution in [1.82, 2.24) is 29.4 Å². The minimum absolute atomic E-state index is 0.0542. The highest BCUT2D eigenvalue weighted by Crippen LogP contribution is 2.39.